The van der Waals surface area contributed by atoms with Crippen LogP contribution in [0.25, 0.3) is 10.9 Å². The fourth-order valence-electron chi connectivity index (χ4n) is 1.99. The highest BCUT2D eigenvalue weighted by atomic mass is 19.4. The number of carbonyl (C=O) groups excluding carboxylic acids is 1. The van der Waals surface area contributed by atoms with Crippen LogP contribution in [-0.2, 0) is 4.79 Å². The summed E-state index contributed by atoms with van der Waals surface area (Å²) in [5.41, 5.74) is 1.48. The highest BCUT2D eigenvalue weighted by molar-refractivity contribution is 6.06. The fraction of sp³-hybridized carbons (Fsp3) is 0.250. The Morgan fingerprint density at radius 1 is 1.28 bits per heavy atom. The number of alkyl halides is 3. The number of aromatic amines is 1. The van der Waals surface area contributed by atoms with Gasteiger partial charge in [-0.25, -0.2) is 0 Å². The van der Waals surface area contributed by atoms with Crippen molar-refractivity contribution in [3.63, 3.8) is 0 Å². The number of rotatable bonds is 1. The van der Waals surface area contributed by atoms with Crippen LogP contribution in [0.1, 0.15) is 5.69 Å². The van der Waals surface area contributed by atoms with Crippen molar-refractivity contribution in [2.45, 2.75) is 13.1 Å². The lowest BCUT2D eigenvalue weighted by Crippen LogP contribution is -2.38. The number of anilines is 1. The van der Waals surface area contributed by atoms with Crippen LogP contribution in [0.2, 0.25) is 0 Å². The number of H-pyrrole nitrogens is 1. The molecular weight excluding hydrogens is 245 g/mol. The number of carbonyl (C=O) groups is 1. The molecule has 0 fully saturated rings. The van der Waals surface area contributed by atoms with Crippen LogP contribution in [0.3, 0.4) is 0 Å². The molecule has 0 spiro atoms. The average molecular weight is 256 g/mol. The third-order valence-corrected chi connectivity index (χ3v) is 2.74. The molecule has 0 unspecified atom stereocenters. The van der Waals surface area contributed by atoms with Gasteiger partial charge < -0.3 is 9.88 Å². The van der Waals surface area contributed by atoms with Crippen molar-refractivity contribution in [1.29, 1.82) is 0 Å². The molecule has 1 aromatic heterocycles. The Hall–Kier alpha value is -1.98. The summed E-state index contributed by atoms with van der Waals surface area (Å²) < 4.78 is 37.3. The number of hydrogen-bond donors (Lipinski definition) is 1. The van der Waals surface area contributed by atoms with Gasteiger partial charge in [-0.3, -0.25) is 4.79 Å². The minimum Gasteiger partial charge on any atom is -0.357 e. The van der Waals surface area contributed by atoms with E-state index in [1.807, 2.05) is 0 Å². The van der Waals surface area contributed by atoms with Crippen molar-refractivity contribution in [2.75, 3.05) is 11.9 Å². The number of halogens is 3. The number of aryl methyl sites for hydroxylation is 1. The van der Waals surface area contributed by atoms with Gasteiger partial charge in [0.1, 0.15) is 0 Å². The molecule has 0 aliphatic carbocycles. The van der Waals surface area contributed by atoms with Gasteiger partial charge in [0.05, 0.1) is 5.69 Å². The summed E-state index contributed by atoms with van der Waals surface area (Å²) in [5.74, 6) is -1.88. The zero-order chi connectivity index (χ0) is 13.5. The van der Waals surface area contributed by atoms with E-state index in [0.717, 1.165) is 7.05 Å². The first-order valence-electron chi connectivity index (χ1n) is 5.24. The maximum absolute atomic E-state index is 12.4. The number of nitrogens with zero attached hydrogens (tertiary/aromatic N) is 1. The molecule has 0 saturated carbocycles. The zero-order valence-corrected chi connectivity index (χ0v) is 9.80. The molecule has 1 aromatic carbocycles. The molecule has 0 radical (unpaired) electrons. The summed E-state index contributed by atoms with van der Waals surface area (Å²) in [5, 5.41) is 0.593. The van der Waals surface area contributed by atoms with Crippen molar-refractivity contribution in [2.24, 2.45) is 0 Å². The van der Waals surface area contributed by atoms with E-state index >= 15 is 0 Å². The second-order valence-corrected chi connectivity index (χ2v) is 4.01. The smallest absolute Gasteiger partial charge is 0.357 e. The topological polar surface area (TPSA) is 36.1 Å². The van der Waals surface area contributed by atoms with E-state index in [1.165, 1.54) is 0 Å². The highest BCUT2D eigenvalue weighted by Gasteiger charge is 2.42. The van der Waals surface area contributed by atoms with Crippen LogP contribution in [0.5, 0.6) is 0 Å². The van der Waals surface area contributed by atoms with Gasteiger partial charge in [-0.15, -0.1) is 0 Å². The number of amides is 1. The minimum atomic E-state index is -4.88. The minimum absolute atomic E-state index is 0.257. The van der Waals surface area contributed by atoms with Crippen LogP contribution in [-0.4, -0.2) is 24.1 Å². The number of aromatic nitrogens is 1. The monoisotopic (exact) mass is 256 g/mol. The second kappa shape index (κ2) is 4.04. The SMILES string of the molecule is Cc1[nH]c2ccccc2c1N(C)C(=O)C(F)(F)F. The van der Waals surface area contributed by atoms with Gasteiger partial charge in [-0.2, -0.15) is 13.2 Å². The van der Waals surface area contributed by atoms with E-state index in [9.17, 15) is 18.0 Å². The standard InChI is InChI=1S/C12H11F3N2O/c1-7-10(17(2)11(18)12(13,14)15)8-5-3-4-6-9(8)16-7/h3-6,16H,1-2H3. The Labute approximate surface area is 101 Å². The number of para-hydroxylation sites is 1. The number of hydrogen-bond acceptors (Lipinski definition) is 1. The van der Waals surface area contributed by atoms with E-state index in [1.54, 1.807) is 31.2 Å². The lowest BCUT2D eigenvalue weighted by atomic mass is 10.2. The number of nitrogens with one attached hydrogen (secondary N) is 1. The van der Waals surface area contributed by atoms with E-state index < -0.39 is 12.1 Å². The first-order valence-corrected chi connectivity index (χ1v) is 5.24. The van der Waals surface area contributed by atoms with Crippen LogP contribution in [0.15, 0.2) is 24.3 Å². The predicted octanol–water partition coefficient (Wildman–Crippen LogP) is 3.00. The molecule has 0 atom stereocenters. The summed E-state index contributed by atoms with van der Waals surface area (Å²) in [6.45, 7) is 1.63. The maximum Gasteiger partial charge on any atom is 0.471 e. The second-order valence-electron chi connectivity index (χ2n) is 4.01. The highest BCUT2D eigenvalue weighted by Crippen LogP contribution is 2.32. The van der Waals surface area contributed by atoms with Crippen LogP contribution >= 0.6 is 0 Å². The molecule has 3 nitrogen and oxygen atoms in total. The van der Waals surface area contributed by atoms with Crippen molar-refractivity contribution >= 4 is 22.5 Å². The average Bonchev–Trinajstić information content (AvgIpc) is 2.61. The summed E-state index contributed by atoms with van der Waals surface area (Å²) >= 11 is 0. The van der Waals surface area contributed by atoms with Crippen molar-refractivity contribution in [1.82, 2.24) is 4.98 Å². The zero-order valence-electron chi connectivity index (χ0n) is 9.80. The van der Waals surface area contributed by atoms with E-state index in [0.29, 0.717) is 21.5 Å². The van der Waals surface area contributed by atoms with Gasteiger partial charge in [0.15, 0.2) is 0 Å². The fourth-order valence-corrected chi connectivity index (χ4v) is 1.99. The molecule has 1 heterocycles. The molecule has 0 saturated heterocycles. The number of benzene rings is 1. The largest absolute Gasteiger partial charge is 0.471 e. The van der Waals surface area contributed by atoms with Crippen molar-refractivity contribution in [3.05, 3.63) is 30.0 Å². The van der Waals surface area contributed by atoms with Gasteiger partial charge in [0.2, 0.25) is 0 Å². The van der Waals surface area contributed by atoms with Gasteiger partial charge >= 0.3 is 12.1 Å². The lowest BCUT2D eigenvalue weighted by Gasteiger charge is -2.19. The van der Waals surface area contributed by atoms with Gasteiger partial charge in [-0.05, 0) is 13.0 Å². The van der Waals surface area contributed by atoms with E-state index in [-0.39, 0.29) is 5.69 Å². The molecular formula is C12H11F3N2O. The van der Waals surface area contributed by atoms with Gasteiger partial charge in [-0.1, -0.05) is 18.2 Å². The molecule has 1 amide bonds. The third kappa shape index (κ3) is 1.94. The quantitative estimate of drug-likeness (QED) is 0.836. The molecule has 2 aromatic rings. The van der Waals surface area contributed by atoms with Crippen LogP contribution in [0, 0.1) is 6.92 Å². The number of fused-ring (bicyclic) bond motifs is 1. The molecule has 2 rings (SSSR count). The summed E-state index contributed by atoms with van der Waals surface area (Å²) in [4.78, 5) is 14.8. The molecule has 6 heteroatoms. The Kier molecular flexibility index (Phi) is 2.80. The molecule has 1 N–H and O–H groups in total. The van der Waals surface area contributed by atoms with Crippen molar-refractivity contribution in [3.8, 4) is 0 Å². The maximum atomic E-state index is 12.4. The summed E-state index contributed by atoms with van der Waals surface area (Å²) in [7, 11) is 1.12. The van der Waals surface area contributed by atoms with E-state index in [4.69, 9.17) is 0 Å². The van der Waals surface area contributed by atoms with Crippen LogP contribution < -0.4 is 4.90 Å². The van der Waals surface area contributed by atoms with E-state index in [2.05, 4.69) is 4.98 Å². The van der Waals surface area contributed by atoms with Gasteiger partial charge in [0, 0.05) is 23.6 Å². The Morgan fingerprint density at radius 2 is 1.89 bits per heavy atom. The van der Waals surface area contributed by atoms with Gasteiger partial charge in [0.25, 0.3) is 0 Å². The molecule has 18 heavy (non-hydrogen) atoms. The van der Waals surface area contributed by atoms with Crippen LogP contribution in [0.4, 0.5) is 18.9 Å². The summed E-state index contributed by atoms with van der Waals surface area (Å²) in [6, 6.07) is 6.91. The Bertz CT molecular complexity index is 601. The third-order valence-electron chi connectivity index (χ3n) is 2.74. The van der Waals surface area contributed by atoms with Crippen molar-refractivity contribution < 1.29 is 18.0 Å². The first-order chi connectivity index (χ1) is 8.32. The lowest BCUT2D eigenvalue weighted by molar-refractivity contribution is -0.170. The molecule has 0 bridgehead atoms. The Morgan fingerprint density at radius 3 is 2.50 bits per heavy atom. The summed E-state index contributed by atoms with van der Waals surface area (Å²) in [6.07, 6.45) is -4.88. The normalized spacial score (nSPS) is 11.8. The first kappa shape index (κ1) is 12.5. The Balaban J connectivity index is 2.54. The predicted molar refractivity (Wildman–Crippen MR) is 62.5 cm³/mol. The molecule has 96 valence electrons. The molecule has 0 aliphatic heterocycles. The molecule has 0 aliphatic rings.